The van der Waals surface area contributed by atoms with Crippen LogP contribution in [0.25, 0.3) is 0 Å². The zero-order chi connectivity index (χ0) is 92.6. The van der Waals surface area contributed by atoms with Crippen LogP contribution in [-0.4, -0.2) is 106 Å². The van der Waals surface area contributed by atoms with E-state index >= 15 is 0 Å². The average Bonchev–Trinajstić information content (AvgIpc) is 1.52. The lowest BCUT2D eigenvalue weighted by Crippen LogP contribution is -2.41. The molecule has 125 heavy (non-hydrogen) atoms. The van der Waals surface area contributed by atoms with Crippen molar-refractivity contribution in [1.29, 1.82) is 0 Å². The highest BCUT2D eigenvalue weighted by molar-refractivity contribution is 7.86. The molecule has 0 fully saturated rings. The molecule has 11 nitrogen and oxygen atoms in total. The predicted molar refractivity (Wildman–Crippen MR) is 542 cm³/mol. The summed E-state index contributed by atoms with van der Waals surface area (Å²) in [7, 11) is -8.26. The first-order chi connectivity index (χ1) is 59.2. The summed E-state index contributed by atoms with van der Waals surface area (Å²) in [5.74, 6) is 3.74. The summed E-state index contributed by atoms with van der Waals surface area (Å²) < 4.78 is 106. The van der Waals surface area contributed by atoms with Gasteiger partial charge in [-0.15, -0.1) is 0 Å². The van der Waals surface area contributed by atoms with Gasteiger partial charge in [-0.3, -0.25) is 17.7 Å². The molecular formula is C103H139B7F2O11S2. The predicted octanol–water partition coefficient (Wildman–Crippen LogP) is 21.6. The Morgan fingerprint density at radius 3 is 1.03 bits per heavy atom. The summed E-state index contributed by atoms with van der Waals surface area (Å²) >= 11 is 0. The van der Waals surface area contributed by atoms with Crippen molar-refractivity contribution in [2.75, 3.05) is 31.8 Å². The van der Waals surface area contributed by atoms with E-state index in [2.05, 4.69) is 304 Å². The van der Waals surface area contributed by atoms with E-state index in [9.17, 15) is 25.5 Å². The van der Waals surface area contributed by atoms with Crippen molar-refractivity contribution in [3.05, 3.63) is 318 Å². The molecule has 12 rings (SSSR count). The van der Waals surface area contributed by atoms with Crippen LogP contribution in [0.2, 0.25) is 60.4 Å². The number of hydrogen-bond acceptors (Lipinski definition) is 9. The molecule has 1 heterocycles. The highest BCUT2D eigenvalue weighted by Crippen LogP contribution is 2.32. The number of fused-ring (bicyclic) bond motifs is 1. The van der Waals surface area contributed by atoms with Crippen LogP contribution in [0.4, 0.5) is 8.63 Å². The molecular weight excluding hydrogens is 1590 g/mol. The standard InChI is InChI=1S/C21H29B.C15H17BO.C15H17B.C13H13B.2C11H16O4S.C9H21B.C7H7BO2.CH3BF2/c1-20(2,3)16-8-12-18(13-9-16)22(7)19-14-10-17(11-15-19)21(4,5)6;1-12-4-6-13(7-5-12)16(2)14-8-10-15(17-3)11-9-14;1-12-8-4-6-10-14(12)16(3)15-11-7-5-9-13(15)2;1-14(12-8-4-2-5-9-12)13-10-6-3-7-11-13;1-10-4-6-11(7-5-10)15-8-2-3-9-16(12,13)14;1-10-5-4-6-11(9-10)15-7-2-3-8-16(12,13)14;1-4-6-8-10(3)9-7-5-2;1-8-9-6-4-2-3-5-7(6)10-8;1-2(3)4/h8-15H,1-7H3;4-11H,1-3H3;4-11H,1-3H3;2-11H,1H3;4-7H,2-3,8-9H2,1H3,(H,12,13,14);4-6,9H,2-3,7-8H2,1H3,(H,12,13,14);4-9H2,1-3H3;2-5H,1H3;1H3. The zero-order valence-corrected chi connectivity index (χ0v) is 80.3. The fourth-order valence-corrected chi connectivity index (χ4v) is 14.6. The van der Waals surface area contributed by atoms with Crippen LogP contribution in [-0.2, 0) is 31.1 Å². The van der Waals surface area contributed by atoms with Crippen molar-refractivity contribution in [3.63, 3.8) is 0 Å². The Morgan fingerprint density at radius 1 is 0.368 bits per heavy atom. The van der Waals surface area contributed by atoms with Gasteiger partial charge in [0.25, 0.3) is 20.2 Å². The Hall–Kier alpha value is -9.45. The van der Waals surface area contributed by atoms with Gasteiger partial charge >= 0.3 is 14.4 Å². The van der Waals surface area contributed by atoms with Crippen molar-refractivity contribution in [2.45, 2.75) is 213 Å². The molecule has 0 amide bonds. The number of ether oxygens (including phenoxy) is 3. The lowest BCUT2D eigenvalue weighted by atomic mass is 9.41. The number of hydrogen-bond donors (Lipinski definition) is 2. The van der Waals surface area contributed by atoms with Gasteiger partial charge < -0.3 is 23.5 Å². The van der Waals surface area contributed by atoms with E-state index in [4.69, 9.17) is 32.6 Å². The van der Waals surface area contributed by atoms with Gasteiger partial charge in [0.05, 0.1) is 31.8 Å². The monoisotopic (exact) mass is 1730 g/mol. The van der Waals surface area contributed by atoms with E-state index in [0.717, 1.165) is 47.8 Å². The fraction of sp³-hybridized carbons (Fsp3) is 0.359. The molecule has 664 valence electrons. The van der Waals surface area contributed by atoms with E-state index in [-0.39, 0.29) is 29.5 Å². The normalized spacial score (nSPS) is 11.0. The maximum absolute atomic E-state index is 10.4. The third-order valence-corrected chi connectivity index (χ3v) is 22.9. The molecule has 0 bridgehead atoms. The van der Waals surface area contributed by atoms with Gasteiger partial charge in [0, 0.05) is 0 Å². The molecule has 0 aliphatic carbocycles. The van der Waals surface area contributed by atoms with Gasteiger partial charge in [-0.1, -0.05) is 424 Å². The number of benzene rings is 11. The largest absolute Gasteiger partial charge is 0.591 e. The molecule has 0 spiro atoms. The van der Waals surface area contributed by atoms with E-state index in [1.807, 2.05) is 106 Å². The summed E-state index contributed by atoms with van der Waals surface area (Å²) in [4.78, 5) is 0. The van der Waals surface area contributed by atoms with Crippen LogP contribution in [0.1, 0.15) is 146 Å². The molecule has 0 unspecified atom stereocenters. The first kappa shape index (κ1) is 108. The minimum absolute atomic E-state index is 0.127. The third-order valence-electron chi connectivity index (χ3n) is 21.3. The number of rotatable bonds is 27. The quantitative estimate of drug-likeness (QED) is 0.0287. The van der Waals surface area contributed by atoms with Crippen molar-refractivity contribution < 1.29 is 58.1 Å². The SMILES string of the molecule is CB(F)F.CB(c1ccc(C(C)(C)C)cc1)c1ccc(C(C)(C)C)cc1.CB(c1ccccc1)c1ccccc1.CB(c1ccccc1C)c1ccccc1C.CB1Oc2ccccc2O1.CCCCB(C)CCCC.COc1ccc(B(C)c2ccc(C)cc2)cc1.Cc1ccc(OCCCCS(=O)(=O)O)cc1.Cc1cccc(OCCCCS(=O)(=O)O)c1. The Bertz CT molecular complexity index is 4810. The van der Waals surface area contributed by atoms with Crippen molar-refractivity contribution in [2.24, 2.45) is 0 Å². The van der Waals surface area contributed by atoms with Crippen LogP contribution in [0, 0.1) is 34.6 Å². The second-order valence-electron chi connectivity index (χ2n) is 34.3. The number of para-hydroxylation sites is 2. The van der Waals surface area contributed by atoms with E-state index in [1.54, 1.807) is 7.11 Å². The van der Waals surface area contributed by atoms with Gasteiger partial charge in [0.2, 0.25) is 26.9 Å². The maximum Gasteiger partial charge on any atom is 0.591 e. The Balaban J connectivity index is 0.000000300. The lowest BCUT2D eigenvalue weighted by Gasteiger charge is -2.21. The Labute approximate surface area is 756 Å². The Morgan fingerprint density at radius 2 is 0.688 bits per heavy atom. The maximum atomic E-state index is 10.4. The smallest absolute Gasteiger partial charge is 0.523 e. The second kappa shape index (κ2) is 57.3. The molecule has 0 radical (unpaired) electrons. The van der Waals surface area contributed by atoms with Gasteiger partial charge in [-0.25, -0.2) is 0 Å². The average molecular weight is 1730 g/mol. The molecule has 1 aliphatic heterocycles. The van der Waals surface area contributed by atoms with Gasteiger partial charge in [0.1, 0.15) is 35.5 Å². The van der Waals surface area contributed by atoms with Crippen LogP contribution < -0.4 is 67.2 Å². The first-order valence-electron chi connectivity index (χ1n) is 44.3. The highest BCUT2D eigenvalue weighted by Gasteiger charge is 2.26. The molecule has 0 saturated carbocycles. The van der Waals surface area contributed by atoms with Crippen molar-refractivity contribution in [3.8, 4) is 28.7 Å². The molecule has 0 atom stereocenters. The van der Waals surface area contributed by atoms with Crippen LogP contribution in [0.5, 0.6) is 28.7 Å². The number of aryl methyl sites for hydroxylation is 5. The van der Waals surface area contributed by atoms with E-state index in [1.165, 1.54) is 115 Å². The number of halogens is 2. The summed E-state index contributed by atoms with van der Waals surface area (Å²) in [5, 5.41) is 0. The molecule has 1 aliphatic rings. The van der Waals surface area contributed by atoms with Crippen LogP contribution >= 0.6 is 0 Å². The summed E-state index contributed by atoms with van der Waals surface area (Å²) in [6, 6.07) is 96.7. The highest BCUT2D eigenvalue weighted by atomic mass is 32.2. The van der Waals surface area contributed by atoms with Crippen LogP contribution in [0.3, 0.4) is 0 Å². The number of unbranched alkanes of at least 4 members (excludes halogenated alkanes) is 4. The third kappa shape index (κ3) is 45.0. The van der Waals surface area contributed by atoms with Crippen LogP contribution in [0.15, 0.2) is 279 Å². The summed E-state index contributed by atoms with van der Waals surface area (Å²) in [6.45, 7) is 46.4. The van der Waals surface area contributed by atoms with Gasteiger partial charge in [-0.05, 0) is 150 Å². The molecule has 22 heteroatoms. The Kier molecular flexibility index (Phi) is 49.5. The molecule has 0 saturated heterocycles. The molecule has 11 aromatic rings. The van der Waals surface area contributed by atoms with Gasteiger partial charge in [-0.2, -0.15) is 16.8 Å². The topological polar surface area (TPSA) is 155 Å². The first-order valence-corrected chi connectivity index (χ1v) is 47.6. The fourth-order valence-electron chi connectivity index (χ4n) is 13.4. The zero-order valence-electron chi connectivity index (χ0n) is 78.6. The van der Waals surface area contributed by atoms with E-state index < -0.39 is 27.5 Å². The molecule has 11 aromatic carbocycles. The number of methoxy groups -OCH3 is 1. The lowest BCUT2D eigenvalue weighted by molar-refractivity contribution is 0.308. The second-order valence-corrected chi connectivity index (χ2v) is 37.5. The van der Waals surface area contributed by atoms with Gasteiger partial charge in [0.15, 0.2) is 0 Å². The summed E-state index contributed by atoms with van der Waals surface area (Å²) in [5.41, 5.74) is 20.6. The minimum atomic E-state index is -3.83. The summed E-state index contributed by atoms with van der Waals surface area (Å²) in [6.07, 6.45) is 10.5. The minimum Gasteiger partial charge on any atom is -0.523 e. The molecule has 0 aromatic heterocycles. The molecule has 2 N–H and O–H groups in total. The van der Waals surface area contributed by atoms with Crippen molar-refractivity contribution >= 4 is 112 Å². The van der Waals surface area contributed by atoms with E-state index in [0.29, 0.717) is 65.7 Å². The van der Waals surface area contributed by atoms with Crippen molar-refractivity contribution in [1.82, 2.24) is 0 Å².